The van der Waals surface area contributed by atoms with Crippen LogP contribution in [0.25, 0.3) is 89.7 Å². The van der Waals surface area contributed by atoms with Crippen LogP contribution < -0.4 is 37.9 Å². The van der Waals surface area contributed by atoms with Crippen LogP contribution in [0.2, 0.25) is 0 Å². The number of likely N-dealkylation sites (N-methyl/N-ethyl adjacent to an activating group) is 8. The quantitative estimate of drug-likeness (QED) is 0.0394. The molecule has 0 radical (unpaired) electrons. The Balaban J connectivity index is 1.42. The van der Waals surface area contributed by atoms with Crippen molar-refractivity contribution in [3.05, 3.63) is 48.5 Å². The van der Waals surface area contributed by atoms with Crippen molar-refractivity contribution in [1.29, 1.82) is 0 Å². The summed E-state index contributed by atoms with van der Waals surface area (Å²) >= 11 is 0. The molecule has 96 heavy (non-hydrogen) atoms. The Labute approximate surface area is 569 Å². The standard InChI is InChI=1S/C72H114N16O8/c1-81(2,3)25-33-89-57-41-49-50(42-58(57)90-34-26-82(4,5)6)66-73-65(49)77-67-51-43-59(91-35-27-83(7,8)9)60(92-36-28-84(10,11)12)44-52(51)69(74-67)79-71-55-47-63(95-39-31-87(19,20)21)64(96-40-32-88(22,23)24)48-56(55)72(76-71)80-70-54-46-62(94-38-30-86(16,17)18)61(93-37-29-85(13,14)15)45-53(54)68(75-70)78-66/h41-48H,25-40H2,1-24H3,(H2,73,74,75,76,77,78,79,80)/q+8. The van der Waals surface area contributed by atoms with E-state index < -0.39 is 0 Å². The van der Waals surface area contributed by atoms with Crippen LogP contribution in [0.3, 0.4) is 0 Å². The van der Waals surface area contributed by atoms with Gasteiger partial charge >= 0.3 is 0 Å². The number of ether oxygens (including phenoxy) is 8. The van der Waals surface area contributed by atoms with Gasteiger partial charge in [-0.1, -0.05) is 0 Å². The maximum absolute atomic E-state index is 6.76. The number of aromatic nitrogens is 8. The lowest BCUT2D eigenvalue weighted by atomic mass is 10.1. The molecule has 8 bridgehead atoms. The Morgan fingerprint density at radius 1 is 0.219 bits per heavy atom. The van der Waals surface area contributed by atoms with Crippen LogP contribution in [0.15, 0.2) is 48.5 Å². The van der Waals surface area contributed by atoms with Crippen molar-refractivity contribution < 1.29 is 73.8 Å². The van der Waals surface area contributed by atoms with Crippen LogP contribution in [0.5, 0.6) is 46.0 Å². The minimum atomic E-state index is 0.390. The average molecular weight is 1330 g/mol. The number of hydrogen-bond donors (Lipinski definition) is 2. The second-order valence-corrected chi connectivity index (χ2v) is 33.9. The largest absolute Gasteiger partial charge is 0.484 e. The van der Waals surface area contributed by atoms with Crippen molar-refractivity contribution in [2.45, 2.75) is 0 Å². The van der Waals surface area contributed by atoms with Gasteiger partial charge in [0.2, 0.25) is 0 Å². The SMILES string of the molecule is C[N+](C)(C)CCOc1cc2c(cc1OCC[N+](C)(C)C)-c1nc-2nc2[nH]c(nc3nc(nc4[nH]c(n1)c1cc(OCC[N+](C)(C)C)c(OCC[N+](C)(C)C)cc41)-c1cc(OCC[N+](C)(C)C)c(OCC[N+](C)(C)C)cc1-3)c1cc(OCC[N+](C)(C)C)c(OCC[N+](C)(C)C)cc21. The number of aromatic amines is 2. The summed E-state index contributed by atoms with van der Waals surface area (Å²) in [7, 11) is 51.7. The Morgan fingerprint density at radius 2 is 0.365 bits per heavy atom. The fourth-order valence-electron chi connectivity index (χ4n) is 10.2. The molecule has 0 unspecified atom stereocenters. The summed E-state index contributed by atoms with van der Waals surface area (Å²) in [4.78, 5) is 40.4. The number of quaternary nitrogens is 8. The van der Waals surface area contributed by atoms with Gasteiger partial charge in [-0.3, -0.25) is 0 Å². The molecule has 24 nitrogen and oxygen atoms in total. The fraction of sp³-hybridized carbons (Fsp3) is 0.556. The number of fused-ring (bicyclic) bond motifs is 20. The van der Waals surface area contributed by atoms with E-state index in [-0.39, 0.29) is 0 Å². The third kappa shape index (κ3) is 20.2. The first kappa shape index (κ1) is 72.6. The minimum absolute atomic E-state index is 0.390. The molecule has 4 aromatic carbocycles. The Morgan fingerprint density at radius 3 is 0.510 bits per heavy atom. The summed E-state index contributed by atoms with van der Waals surface area (Å²) < 4.78 is 59.7. The summed E-state index contributed by atoms with van der Waals surface area (Å²) in [6.07, 6.45) is 0. The van der Waals surface area contributed by atoms with Gasteiger partial charge in [0.05, 0.1) is 169 Å². The smallest absolute Gasteiger partial charge is 0.164 e. The van der Waals surface area contributed by atoms with Crippen LogP contribution >= 0.6 is 0 Å². The predicted octanol–water partition coefficient (Wildman–Crippen LogP) is 7.55. The molecular formula is C72H114N16O8+8. The molecule has 0 atom stereocenters. The van der Waals surface area contributed by atoms with Crippen molar-refractivity contribution in [1.82, 2.24) is 39.9 Å². The molecule has 24 heteroatoms. The molecule has 0 spiro atoms. The molecule has 522 valence electrons. The Bertz CT molecular complexity index is 3580. The van der Waals surface area contributed by atoms with E-state index in [2.05, 4.69) is 179 Å². The van der Waals surface area contributed by atoms with E-state index in [9.17, 15) is 0 Å². The lowest BCUT2D eigenvalue weighted by Gasteiger charge is -2.25. The molecule has 0 saturated heterocycles. The number of rotatable bonds is 32. The number of benzene rings is 4. The van der Waals surface area contributed by atoms with E-state index in [0.29, 0.717) is 203 Å². The maximum atomic E-state index is 6.76. The van der Waals surface area contributed by atoms with Gasteiger partial charge in [-0.05, 0) is 48.5 Å². The summed E-state index contributed by atoms with van der Waals surface area (Å²) in [5.41, 5.74) is 4.69. The molecule has 0 fully saturated rings. The molecule has 2 N–H and O–H groups in total. The molecule has 0 saturated carbocycles. The van der Waals surface area contributed by atoms with E-state index in [1.165, 1.54) is 0 Å². The molecule has 0 amide bonds. The first-order valence-corrected chi connectivity index (χ1v) is 33.5. The molecule has 2 aliphatic heterocycles. The van der Waals surface area contributed by atoms with E-state index in [1.807, 2.05) is 48.5 Å². The lowest BCUT2D eigenvalue weighted by molar-refractivity contribution is -0.870. The first-order chi connectivity index (χ1) is 44.5. The predicted molar refractivity (Wildman–Crippen MR) is 383 cm³/mol. The molecular weight excluding hydrogens is 1220 g/mol. The lowest BCUT2D eigenvalue weighted by Crippen LogP contribution is -2.38. The number of H-pyrrole nitrogens is 2. The van der Waals surface area contributed by atoms with E-state index in [4.69, 9.17) is 67.8 Å². The topological polar surface area (TPSA) is 183 Å². The van der Waals surface area contributed by atoms with Crippen molar-refractivity contribution >= 4 is 44.1 Å². The van der Waals surface area contributed by atoms with Crippen LogP contribution in [-0.4, -0.2) is 350 Å². The van der Waals surface area contributed by atoms with E-state index in [0.717, 1.165) is 73.9 Å². The van der Waals surface area contributed by atoms with Crippen molar-refractivity contribution in [2.24, 2.45) is 0 Å². The van der Waals surface area contributed by atoms with Gasteiger partial charge in [0.15, 0.2) is 69.3 Å². The summed E-state index contributed by atoms with van der Waals surface area (Å²) in [6, 6.07) is 16.0. The molecule has 3 aromatic heterocycles. The zero-order valence-electron chi connectivity index (χ0n) is 62.5. The number of nitrogens with one attached hydrogen (secondary N) is 2. The Hall–Kier alpha value is -7.68. The highest BCUT2D eigenvalue weighted by atomic mass is 16.5. The van der Waals surface area contributed by atoms with Gasteiger partial charge in [0.1, 0.15) is 128 Å². The van der Waals surface area contributed by atoms with Crippen molar-refractivity contribution in [3.63, 3.8) is 0 Å². The third-order valence-corrected chi connectivity index (χ3v) is 16.2. The summed E-state index contributed by atoms with van der Waals surface area (Å²) in [5, 5.41) is 2.89. The van der Waals surface area contributed by atoms with Crippen LogP contribution in [0.1, 0.15) is 0 Å². The number of nitrogens with zero attached hydrogens (tertiary/aromatic N) is 14. The van der Waals surface area contributed by atoms with Crippen LogP contribution in [0, 0.1) is 0 Å². The fourth-order valence-corrected chi connectivity index (χ4v) is 10.2. The maximum Gasteiger partial charge on any atom is 0.164 e. The molecule has 7 aromatic rings. The minimum Gasteiger partial charge on any atom is -0.484 e. The van der Waals surface area contributed by atoms with Gasteiger partial charge in [0, 0.05) is 43.8 Å². The van der Waals surface area contributed by atoms with Crippen LogP contribution in [-0.2, 0) is 0 Å². The monoisotopic (exact) mass is 1330 g/mol. The third-order valence-electron chi connectivity index (χ3n) is 16.2. The van der Waals surface area contributed by atoms with E-state index in [1.54, 1.807) is 0 Å². The van der Waals surface area contributed by atoms with E-state index >= 15 is 0 Å². The first-order valence-electron chi connectivity index (χ1n) is 33.5. The van der Waals surface area contributed by atoms with Crippen LogP contribution in [0.4, 0.5) is 0 Å². The molecule has 5 heterocycles. The normalized spacial score (nSPS) is 13.2. The summed E-state index contributed by atoms with van der Waals surface area (Å²) in [6.45, 7) is 9.45. The van der Waals surface area contributed by atoms with Gasteiger partial charge in [-0.15, -0.1) is 0 Å². The van der Waals surface area contributed by atoms with Gasteiger partial charge in [-0.25, -0.2) is 29.9 Å². The number of hydrogen-bond acceptors (Lipinski definition) is 14. The summed E-state index contributed by atoms with van der Waals surface area (Å²) in [5.74, 6) is 6.15. The molecule has 2 aliphatic rings. The highest BCUT2D eigenvalue weighted by molar-refractivity contribution is 6.08. The van der Waals surface area contributed by atoms with Gasteiger partial charge < -0.3 is 83.7 Å². The van der Waals surface area contributed by atoms with Crippen molar-refractivity contribution in [2.75, 3.05) is 274 Å². The second-order valence-electron chi connectivity index (χ2n) is 33.9. The highest BCUT2D eigenvalue weighted by Crippen LogP contribution is 2.46. The van der Waals surface area contributed by atoms with Gasteiger partial charge in [-0.2, -0.15) is 0 Å². The van der Waals surface area contributed by atoms with Crippen molar-refractivity contribution in [3.8, 4) is 91.5 Å². The van der Waals surface area contributed by atoms with Gasteiger partial charge in [0.25, 0.3) is 0 Å². The zero-order valence-corrected chi connectivity index (χ0v) is 62.5. The Kier molecular flexibility index (Phi) is 21.2. The molecule has 9 rings (SSSR count). The highest BCUT2D eigenvalue weighted by Gasteiger charge is 2.30. The second kappa shape index (κ2) is 28.0. The average Bonchev–Trinajstić information content (AvgIpc) is 1.59. The molecule has 0 aliphatic carbocycles. The zero-order chi connectivity index (χ0) is 70.1.